The van der Waals surface area contributed by atoms with Crippen molar-refractivity contribution in [1.29, 1.82) is 0 Å². The van der Waals surface area contributed by atoms with Crippen LogP contribution < -0.4 is 21.5 Å². The quantitative estimate of drug-likeness (QED) is 0.509. The molecule has 22 heavy (non-hydrogen) atoms. The maximum absolute atomic E-state index is 12.2. The smallest absolute Gasteiger partial charge is 0.261 e. The van der Waals surface area contributed by atoms with Gasteiger partial charge in [-0.15, -0.1) is 0 Å². The molecule has 114 valence electrons. The Morgan fingerprint density at radius 2 is 1.50 bits per heavy atom. The Balaban J connectivity index is 0.00000176. The molecule has 0 saturated heterocycles. The summed E-state index contributed by atoms with van der Waals surface area (Å²) in [6.07, 6.45) is 4.97. The fraction of sp³-hybridized carbons (Fsp3) is 0.235. The Morgan fingerprint density at radius 1 is 0.955 bits per heavy atom. The third-order valence-electron chi connectivity index (χ3n) is 3.83. The Bertz CT molecular complexity index is 663. The Hall–Kier alpha value is -2.01. The van der Waals surface area contributed by atoms with Crippen molar-refractivity contribution in [2.24, 2.45) is 0 Å². The van der Waals surface area contributed by atoms with Gasteiger partial charge in [-0.1, -0.05) is 19.1 Å². The van der Waals surface area contributed by atoms with E-state index in [1.807, 2.05) is 17.0 Å². The van der Waals surface area contributed by atoms with Gasteiger partial charge in [0, 0.05) is 12.1 Å². The van der Waals surface area contributed by atoms with E-state index in [9.17, 15) is 9.59 Å². The fourth-order valence-electron chi connectivity index (χ4n) is 2.53. The predicted molar refractivity (Wildman–Crippen MR) is 77.8 cm³/mol. The van der Waals surface area contributed by atoms with Gasteiger partial charge in [0.2, 0.25) is 0 Å². The molecule has 3 rings (SSSR count). The second kappa shape index (κ2) is 6.83. The molecular weight excluding hydrogens is 344 g/mol. The molecule has 5 heteroatoms. The van der Waals surface area contributed by atoms with E-state index < -0.39 is 0 Å². The summed E-state index contributed by atoms with van der Waals surface area (Å²) in [5.41, 5.74) is 2.29. The first kappa shape index (κ1) is 16.4. The van der Waals surface area contributed by atoms with Gasteiger partial charge in [-0.05, 0) is 24.1 Å². The summed E-state index contributed by atoms with van der Waals surface area (Å²) >= 11 is 0. The molecule has 0 saturated carbocycles. The molecular formula is C17H17BrN2O2. The highest BCUT2D eigenvalue weighted by Crippen LogP contribution is 2.21. The summed E-state index contributed by atoms with van der Waals surface area (Å²) in [5.74, 6) is -0.386. The summed E-state index contributed by atoms with van der Waals surface area (Å²) in [5, 5.41) is 0. The van der Waals surface area contributed by atoms with E-state index in [0.29, 0.717) is 24.2 Å². The van der Waals surface area contributed by atoms with Crippen LogP contribution in [0.25, 0.3) is 0 Å². The number of aromatic nitrogens is 1. The van der Waals surface area contributed by atoms with E-state index in [4.69, 9.17) is 0 Å². The number of imide groups is 1. The van der Waals surface area contributed by atoms with Crippen molar-refractivity contribution in [3.05, 3.63) is 65.5 Å². The number of amides is 2. The number of rotatable bonds is 4. The highest BCUT2D eigenvalue weighted by Gasteiger charge is 2.35. The van der Waals surface area contributed by atoms with Gasteiger partial charge in [0.05, 0.1) is 17.7 Å². The van der Waals surface area contributed by atoms with Gasteiger partial charge in [0.1, 0.15) is 0 Å². The lowest BCUT2D eigenvalue weighted by Gasteiger charge is -2.11. The number of halogens is 1. The largest absolute Gasteiger partial charge is 1.00 e. The zero-order chi connectivity index (χ0) is 14.8. The van der Waals surface area contributed by atoms with Gasteiger partial charge in [-0.3, -0.25) is 14.5 Å². The van der Waals surface area contributed by atoms with Crippen molar-refractivity contribution in [1.82, 2.24) is 4.90 Å². The minimum absolute atomic E-state index is 0. The molecule has 2 aromatic rings. The normalized spacial score (nSPS) is 13.0. The van der Waals surface area contributed by atoms with Crippen molar-refractivity contribution in [3.8, 4) is 0 Å². The first-order valence-corrected chi connectivity index (χ1v) is 7.14. The number of carbonyl (C=O) groups excluding carboxylic acids is 2. The molecule has 2 heterocycles. The van der Waals surface area contributed by atoms with E-state index in [1.54, 1.807) is 24.3 Å². The van der Waals surface area contributed by atoms with Gasteiger partial charge >= 0.3 is 0 Å². The van der Waals surface area contributed by atoms with Crippen LogP contribution in [0.1, 0.15) is 33.2 Å². The second-order valence-electron chi connectivity index (χ2n) is 5.11. The van der Waals surface area contributed by atoms with E-state index in [2.05, 4.69) is 19.1 Å². The van der Waals surface area contributed by atoms with Crippen LogP contribution in [-0.2, 0) is 13.0 Å². The van der Waals surface area contributed by atoms with Crippen LogP contribution in [-0.4, -0.2) is 23.3 Å². The summed E-state index contributed by atoms with van der Waals surface area (Å²) in [7, 11) is 0. The zero-order valence-corrected chi connectivity index (χ0v) is 13.9. The molecule has 0 aliphatic carbocycles. The summed E-state index contributed by atoms with van der Waals surface area (Å²) in [6, 6.07) is 11.1. The van der Waals surface area contributed by atoms with Crippen LogP contribution in [0.2, 0.25) is 0 Å². The summed E-state index contributed by atoms with van der Waals surface area (Å²) in [6.45, 7) is 3.11. The van der Waals surface area contributed by atoms with Gasteiger partial charge in [0.15, 0.2) is 18.9 Å². The standard InChI is InChI=1S/C17H17N2O2.BrH/c1-2-13-7-9-18(10-8-13)11-12-19-16(20)14-5-3-4-6-15(14)17(19)21;/h3-10H,2,11-12H2,1H3;1H/q+1;/p-1. The first-order chi connectivity index (χ1) is 10.2. The van der Waals surface area contributed by atoms with E-state index in [1.165, 1.54) is 10.5 Å². The van der Waals surface area contributed by atoms with Crippen molar-refractivity contribution in [2.45, 2.75) is 19.9 Å². The van der Waals surface area contributed by atoms with Crippen LogP contribution in [0.5, 0.6) is 0 Å². The third-order valence-corrected chi connectivity index (χ3v) is 3.83. The molecule has 0 fully saturated rings. The number of carbonyl (C=O) groups is 2. The SMILES string of the molecule is CCc1cc[n+](CCN2C(=O)c3ccccc3C2=O)cc1.[Br-]. The minimum atomic E-state index is -0.193. The Labute approximate surface area is 140 Å². The highest BCUT2D eigenvalue weighted by molar-refractivity contribution is 6.21. The van der Waals surface area contributed by atoms with Crippen molar-refractivity contribution in [3.63, 3.8) is 0 Å². The number of aryl methyl sites for hydroxylation is 1. The van der Waals surface area contributed by atoms with Crippen LogP contribution >= 0.6 is 0 Å². The molecule has 1 aromatic heterocycles. The van der Waals surface area contributed by atoms with Crippen LogP contribution in [0.3, 0.4) is 0 Å². The maximum atomic E-state index is 12.2. The zero-order valence-electron chi connectivity index (χ0n) is 12.3. The lowest BCUT2D eigenvalue weighted by molar-refractivity contribution is -0.696. The number of nitrogens with zero attached hydrogens (tertiary/aromatic N) is 2. The van der Waals surface area contributed by atoms with E-state index in [0.717, 1.165) is 6.42 Å². The van der Waals surface area contributed by atoms with E-state index >= 15 is 0 Å². The lowest BCUT2D eigenvalue weighted by Crippen LogP contribution is -3.00. The van der Waals surface area contributed by atoms with Gasteiger partial charge in [-0.2, -0.15) is 0 Å². The predicted octanol–water partition coefficient (Wildman–Crippen LogP) is -1.16. The Kier molecular flexibility index (Phi) is 5.08. The number of hydrogen-bond acceptors (Lipinski definition) is 2. The van der Waals surface area contributed by atoms with Gasteiger partial charge in [0.25, 0.3) is 11.8 Å². The van der Waals surface area contributed by atoms with E-state index in [-0.39, 0.29) is 28.8 Å². The summed E-state index contributed by atoms with van der Waals surface area (Å²) in [4.78, 5) is 25.8. The maximum Gasteiger partial charge on any atom is 0.261 e. The Morgan fingerprint density at radius 3 is 2.00 bits per heavy atom. The number of pyridine rings is 1. The number of fused-ring (bicyclic) bond motifs is 1. The lowest BCUT2D eigenvalue weighted by atomic mass is 10.1. The second-order valence-corrected chi connectivity index (χ2v) is 5.11. The first-order valence-electron chi connectivity index (χ1n) is 7.14. The average molecular weight is 361 g/mol. The molecule has 0 radical (unpaired) electrons. The number of hydrogen-bond donors (Lipinski definition) is 0. The molecule has 4 nitrogen and oxygen atoms in total. The molecule has 1 aliphatic rings. The van der Waals surface area contributed by atoms with Crippen LogP contribution in [0.15, 0.2) is 48.8 Å². The fourth-order valence-corrected chi connectivity index (χ4v) is 2.53. The van der Waals surface area contributed by atoms with Crippen molar-refractivity contribution >= 4 is 11.8 Å². The van der Waals surface area contributed by atoms with Crippen molar-refractivity contribution in [2.75, 3.05) is 6.54 Å². The third kappa shape index (κ3) is 2.95. The average Bonchev–Trinajstić information content (AvgIpc) is 2.78. The molecule has 1 aliphatic heterocycles. The molecule has 0 spiro atoms. The number of benzene rings is 1. The van der Waals surface area contributed by atoms with Crippen LogP contribution in [0.4, 0.5) is 0 Å². The molecule has 1 aromatic carbocycles. The molecule has 0 bridgehead atoms. The molecule has 0 atom stereocenters. The monoisotopic (exact) mass is 360 g/mol. The van der Waals surface area contributed by atoms with Gasteiger partial charge < -0.3 is 17.0 Å². The molecule has 0 N–H and O–H groups in total. The molecule has 0 unspecified atom stereocenters. The topological polar surface area (TPSA) is 41.3 Å². The van der Waals surface area contributed by atoms with Gasteiger partial charge in [-0.25, -0.2) is 4.57 Å². The minimum Gasteiger partial charge on any atom is -1.00 e. The highest BCUT2D eigenvalue weighted by atomic mass is 79.9. The molecule has 2 amide bonds. The summed E-state index contributed by atoms with van der Waals surface area (Å²) < 4.78 is 1.99. The van der Waals surface area contributed by atoms with Crippen molar-refractivity contribution < 1.29 is 31.1 Å². The van der Waals surface area contributed by atoms with Crippen LogP contribution in [0, 0.1) is 0 Å².